The van der Waals surface area contributed by atoms with Crippen molar-refractivity contribution in [3.8, 4) is 0 Å². The maximum Gasteiger partial charge on any atom is 0.333 e. The van der Waals surface area contributed by atoms with E-state index in [0.29, 0.717) is 11.3 Å². The van der Waals surface area contributed by atoms with E-state index in [2.05, 4.69) is 5.32 Å². The van der Waals surface area contributed by atoms with Gasteiger partial charge in [0.15, 0.2) is 0 Å². The minimum absolute atomic E-state index is 0.0462. The SMILES string of the molecule is CN1C(=O)C(=Cc2cn(CC(=O)NCc3ccco3)c3ccccc23)C(=O)N(C)C1=O. The van der Waals surface area contributed by atoms with Crippen LogP contribution in [0.3, 0.4) is 0 Å². The number of barbiturate groups is 1. The Morgan fingerprint density at radius 1 is 1.03 bits per heavy atom. The Hall–Kier alpha value is -4.14. The Morgan fingerprint density at radius 3 is 2.42 bits per heavy atom. The maximum absolute atomic E-state index is 12.5. The molecule has 3 heterocycles. The molecule has 1 aliphatic rings. The van der Waals surface area contributed by atoms with Gasteiger partial charge >= 0.3 is 6.03 Å². The molecule has 5 amide bonds. The molecule has 0 saturated carbocycles. The minimum atomic E-state index is -0.678. The Morgan fingerprint density at radius 2 is 1.74 bits per heavy atom. The van der Waals surface area contributed by atoms with E-state index in [-0.39, 0.29) is 24.6 Å². The van der Waals surface area contributed by atoms with Gasteiger partial charge in [-0.2, -0.15) is 0 Å². The molecule has 2 aromatic heterocycles. The average molecular weight is 420 g/mol. The van der Waals surface area contributed by atoms with Crippen molar-refractivity contribution in [1.29, 1.82) is 0 Å². The highest BCUT2D eigenvalue weighted by molar-refractivity contribution is 6.31. The van der Waals surface area contributed by atoms with E-state index in [9.17, 15) is 19.2 Å². The number of amides is 5. The van der Waals surface area contributed by atoms with Gasteiger partial charge in [0.2, 0.25) is 5.91 Å². The van der Waals surface area contributed by atoms with Crippen molar-refractivity contribution >= 4 is 40.7 Å². The highest BCUT2D eigenvalue weighted by Gasteiger charge is 2.37. The first-order valence-electron chi connectivity index (χ1n) is 9.55. The van der Waals surface area contributed by atoms with E-state index in [1.807, 2.05) is 24.3 Å². The second kappa shape index (κ2) is 7.94. The summed E-state index contributed by atoms with van der Waals surface area (Å²) in [6.45, 7) is 0.322. The lowest BCUT2D eigenvalue weighted by Gasteiger charge is -2.28. The number of fused-ring (bicyclic) bond motifs is 1. The smallest absolute Gasteiger partial charge is 0.333 e. The number of urea groups is 1. The van der Waals surface area contributed by atoms with Gasteiger partial charge in [-0.3, -0.25) is 24.2 Å². The summed E-state index contributed by atoms with van der Waals surface area (Å²) in [5.74, 6) is -0.901. The third-order valence-corrected chi connectivity index (χ3v) is 5.12. The van der Waals surface area contributed by atoms with Crippen LogP contribution in [0, 0.1) is 0 Å². The molecule has 1 saturated heterocycles. The van der Waals surface area contributed by atoms with Crippen LogP contribution in [0.5, 0.6) is 0 Å². The van der Waals surface area contributed by atoms with Gasteiger partial charge in [0.05, 0.1) is 12.8 Å². The second-order valence-corrected chi connectivity index (χ2v) is 7.15. The predicted molar refractivity (Wildman–Crippen MR) is 111 cm³/mol. The first kappa shape index (κ1) is 20.1. The van der Waals surface area contributed by atoms with Crippen molar-refractivity contribution in [1.82, 2.24) is 19.7 Å². The fraction of sp³-hybridized carbons (Fsp3) is 0.182. The van der Waals surface area contributed by atoms with Crippen LogP contribution in [-0.2, 0) is 27.5 Å². The predicted octanol–water partition coefficient (Wildman–Crippen LogP) is 1.98. The van der Waals surface area contributed by atoms with Crippen LogP contribution in [0.15, 0.2) is 58.8 Å². The first-order chi connectivity index (χ1) is 14.9. The van der Waals surface area contributed by atoms with Crippen molar-refractivity contribution in [2.45, 2.75) is 13.1 Å². The molecule has 9 nitrogen and oxygen atoms in total. The van der Waals surface area contributed by atoms with Crippen LogP contribution in [0.4, 0.5) is 4.79 Å². The van der Waals surface area contributed by atoms with Crippen LogP contribution in [0.1, 0.15) is 11.3 Å². The van der Waals surface area contributed by atoms with Crippen molar-refractivity contribution in [3.63, 3.8) is 0 Å². The monoisotopic (exact) mass is 420 g/mol. The van der Waals surface area contributed by atoms with Crippen LogP contribution in [0.25, 0.3) is 17.0 Å². The van der Waals surface area contributed by atoms with Gasteiger partial charge in [0.1, 0.15) is 17.9 Å². The largest absolute Gasteiger partial charge is 0.467 e. The van der Waals surface area contributed by atoms with Crippen LogP contribution in [-0.4, -0.2) is 52.2 Å². The molecule has 3 aromatic rings. The lowest BCUT2D eigenvalue weighted by Crippen LogP contribution is -2.52. The quantitative estimate of drug-likeness (QED) is 0.502. The molecule has 0 radical (unpaired) electrons. The summed E-state index contributed by atoms with van der Waals surface area (Å²) in [4.78, 5) is 51.2. The maximum atomic E-state index is 12.5. The number of hydrogen-bond acceptors (Lipinski definition) is 5. The molecule has 0 aliphatic carbocycles. The van der Waals surface area contributed by atoms with Gasteiger partial charge in [-0.25, -0.2) is 4.79 Å². The van der Waals surface area contributed by atoms with Crippen molar-refractivity contribution in [2.75, 3.05) is 14.1 Å². The Labute approximate surface area is 177 Å². The van der Waals surface area contributed by atoms with Crippen molar-refractivity contribution in [3.05, 3.63) is 65.8 Å². The summed E-state index contributed by atoms with van der Waals surface area (Å²) < 4.78 is 6.96. The summed E-state index contributed by atoms with van der Waals surface area (Å²) in [7, 11) is 2.65. The molecule has 0 spiro atoms. The standard InChI is InChI=1S/C22H20N4O5/c1-24-20(28)17(21(29)25(2)22(24)30)10-14-12-26(18-8-4-3-7-16(14)18)13-19(27)23-11-15-6-5-9-31-15/h3-10,12H,11,13H2,1-2H3,(H,23,27). The third-order valence-electron chi connectivity index (χ3n) is 5.12. The number of imide groups is 2. The van der Waals surface area contributed by atoms with E-state index in [0.717, 1.165) is 20.7 Å². The molecule has 1 N–H and O–H groups in total. The number of nitrogens with one attached hydrogen (secondary N) is 1. The number of benzene rings is 1. The van der Waals surface area contributed by atoms with Gasteiger partial charge in [0.25, 0.3) is 11.8 Å². The normalized spacial score (nSPS) is 14.5. The summed E-state index contributed by atoms with van der Waals surface area (Å²) >= 11 is 0. The fourth-order valence-corrected chi connectivity index (χ4v) is 3.46. The number of para-hydroxylation sites is 1. The van der Waals surface area contributed by atoms with Crippen LogP contribution in [0.2, 0.25) is 0 Å². The Bertz CT molecular complexity index is 1200. The van der Waals surface area contributed by atoms with Crippen LogP contribution >= 0.6 is 0 Å². The number of furan rings is 1. The van der Waals surface area contributed by atoms with Crippen LogP contribution < -0.4 is 5.32 Å². The van der Waals surface area contributed by atoms with E-state index < -0.39 is 17.8 Å². The highest BCUT2D eigenvalue weighted by Crippen LogP contribution is 2.26. The average Bonchev–Trinajstić information content (AvgIpc) is 3.41. The molecule has 0 unspecified atom stereocenters. The molecule has 1 aliphatic heterocycles. The molecular formula is C22H20N4O5. The van der Waals surface area contributed by atoms with Gasteiger partial charge in [-0.15, -0.1) is 0 Å². The number of likely N-dealkylation sites (N-methyl/N-ethyl adjacent to an activating group) is 2. The summed E-state index contributed by atoms with van der Waals surface area (Å²) in [5, 5.41) is 3.57. The van der Waals surface area contributed by atoms with Crippen molar-refractivity contribution in [2.24, 2.45) is 0 Å². The molecular weight excluding hydrogens is 400 g/mol. The topological polar surface area (TPSA) is 105 Å². The first-order valence-corrected chi connectivity index (χ1v) is 9.55. The van der Waals surface area contributed by atoms with E-state index in [1.54, 1.807) is 22.9 Å². The lowest BCUT2D eigenvalue weighted by molar-refractivity contribution is -0.134. The Balaban J connectivity index is 1.64. The third kappa shape index (κ3) is 3.73. The van der Waals surface area contributed by atoms with Gasteiger partial charge in [0, 0.05) is 36.8 Å². The van der Waals surface area contributed by atoms with E-state index in [4.69, 9.17) is 4.42 Å². The Kier molecular flexibility index (Phi) is 5.16. The second-order valence-electron chi connectivity index (χ2n) is 7.15. The number of aromatic nitrogens is 1. The zero-order valence-corrected chi connectivity index (χ0v) is 17.0. The number of nitrogens with zero attached hydrogens (tertiary/aromatic N) is 3. The molecule has 158 valence electrons. The molecule has 0 atom stereocenters. The van der Waals surface area contributed by atoms with Gasteiger partial charge in [-0.1, -0.05) is 18.2 Å². The molecule has 4 rings (SSSR count). The van der Waals surface area contributed by atoms with Gasteiger partial charge < -0.3 is 14.3 Å². The number of carbonyl (C=O) groups is 4. The fourth-order valence-electron chi connectivity index (χ4n) is 3.46. The molecule has 31 heavy (non-hydrogen) atoms. The zero-order valence-electron chi connectivity index (χ0n) is 17.0. The number of rotatable bonds is 5. The molecule has 9 heteroatoms. The number of carbonyl (C=O) groups excluding carboxylic acids is 4. The van der Waals surface area contributed by atoms with Gasteiger partial charge in [-0.05, 0) is 24.3 Å². The lowest BCUT2D eigenvalue weighted by atomic mass is 10.1. The molecule has 0 bridgehead atoms. The summed E-state index contributed by atoms with van der Waals surface area (Å²) in [5.41, 5.74) is 1.26. The highest BCUT2D eigenvalue weighted by atomic mass is 16.3. The summed E-state index contributed by atoms with van der Waals surface area (Å²) in [6.07, 6.45) is 4.71. The molecule has 1 aromatic carbocycles. The number of hydrogen-bond donors (Lipinski definition) is 1. The zero-order chi connectivity index (χ0) is 22.1. The van der Waals surface area contributed by atoms with E-state index >= 15 is 0 Å². The van der Waals surface area contributed by atoms with Crippen molar-refractivity contribution < 1.29 is 23.6 Å². The molecule has 1 fully saturated rings. The summed E-state index contributed by atoms with van der Waals surface area (Å²) in [6, 6.07) is 10.2. The van der Waals surface area contributed by atoms with E-state index in [1.165, 1.54) is 26.4 Å². The minimum Gasteiger partial charge on any atom is -0.467 e.